The van der Waals surface area contributed by atoms with Gasteiger partial charge in [0.15, 0.2) is 0 Å². The van der Waals surface area contributed by atoms with E-state index < -0.39 is 0 Å². The highest BCUT2D eigenvalue weighted by Gasteiger charge is 2.10. The minimum atomic E-state index is -0.234. The predicted molar refractivity (Wildman–Crippen MR) is 82.9 cm³/mol. The largest absolute Gasteiger partial charge is 0.207 e. The minimum absolute atomic E-state index is 0.162. The smallest absolute Gasteiger partial charge is 0.123 e. The summed E-state index contributed by atoms with van der Waals surface area (Å²) >= 11 is 14.6. The van der Waals surface area contributed by atoms with E-state index in [2.05, 4.69) is 22.6 Å². The van der Waals surface area contributed by atoms with E-state index >= 15 is 0 Å². The highest BCUT2D eigenvalue weighted by molar-refractivity contribution is 14.1. The molecule has 0 fully saturated rings. The average Bonchev–Trinajstić information content (AvgIpc) is 2.35. The first-order valence-corrected chi connectivity index (χ1v) is 7.29. The lowest BCUT2D eigenvalue weighted by molar-refractivity contribution is 0.627. The fourth-order valence-corrected chi connectivity index (χ4v) is 2.49. The third kappa shape index (κ3) is 3.59. The predicted octanol–water partition coefficient (Wildman–Crippen LogP) is 5.61. The number of alkyl halides is 1. The Bertz CT molecular complexity index is 540. The van der Waals surface area contributed by atoms with Crippen LogP contribution in [-0.4, -0.2) is 0 Å². The van der Waals surface area contributed by atoms with E-state index in [1.165, 1.54) is 12.1 Å². The molecule has 0 radical (unpaired) electrons. The molecule has 2 aromatic carbocycles. The molecule has 2 rings (SSSR count). The summed E-state index contributed by atoms with van der Waals surface area (Å²) in [4.78, 5) is 0. The van der Waals surface area contributed by atoms with E-state index in [1.54, 1.807) is 12.1 Å². The number of halogens is 4. The summed E-state index contributed by atoms with van der Waals surface area (Å²) < 4.78 is 13.8. The molecule has 0 heterocycles. The van der Waals surface area contributed by atoms with Crippen molar-refractivity contribution < 1.29 is 4.39 Å². The second-order valence-corrected chi connectivity index (χ2v) is 6.07. The Morgan fingerprint density at radius 2 is 1.78 bits per heavy atom. The fourth-order valence-electron chi connectivity index (χ4n) is 1.65. The van der Waals surface area contributed by atoms with Gasteiger partial charge < -0.3 is 0 Å². The molecule has 4 heteroatoms. The van der Waals surface area contributed by atoms with Crippen LogP contribution in [0.3, 0.4) is 0 Å². The van der Waals surface area contributed by atoms with Crippen LogP contribution in [0.4, 0.5) is 4.39 Å². The van der Waals surface area contributed by atoms with Crippen LogP contribution in [0.15, 0.2) is 42.5 Å². The first kappa shape index (κ1) is 14.1. The molecule has 0 N–H and O–H groups in total. The van der Waals surface area contributed by atoms with Crippen LogP contribution in [-0.2, 0) is 6.42 Å². The summed E-state index contributed by atoms with van der Waals surface area (Å²) in [7, 11) is 0. The Labute approximate surface area is 129 Å². The van der Waals surface area contributed by atoms with Crippen LogP contribution in [0.2, 0.25) is 5.02 Å². The molecule has 0 saturated carbocycles. The summed E-state index contributed by atoms with van der Waals surface area (Å²) in [5, 5.41) is 0.544. The van der Waals surface area contributed by atoms with Gasteiger partial charge in [-0.25, -0.2) is 4.39 Å². The third-order valence-electron chi connectivity index (χ3n) is 2.63. The van der Waals surface area contributed by atoms with Crippen molar-refractivity contribution in [2.75, 3.05) is 0 Å². The van der Waals surface area contributed by atoms with Gasteiger partial charge in [-0.05, 0) is 64.4 Å². The van der Waals surface area contributed by atoms with Crippen molar-refractivity contribution in [2.45, 2.75) is 11.8 Å². The maximum absolute atomic E-state index is 12.8. The third-order valence-corrected chi connectivity index (χ3v) is 4.61. The normalized spacial score (nSPS) is 12.4. The van der Waals surface area contributed by atoms with E-state index in [0.29, 0.717) is 11.4 Å². The number of hydrogen-bond acceptors (Lipinski definition) is 0. The van der Waals surface area contributed by atoms with Gasteiger partial charge in [-0.15, -0.1) is 11.6 Å². The van der Waals surface area contributed by atoms with Gasteiger partial charge in [0.05, 0.1) is 10.4 Å². The van der Waals surface area contributed by atoms with Crippen molar-refractivity contribution in [3.05, 3.63) is 68.0 Å². The lowest BCUT2D eigenvalue weighted by Gasteiger charge is -2.11. The first-order valence-electron chi connectivity index (χ1n) is 5.40. The summed E-state index contributed by atoms with van der Waals surface area (Å²) in [6.45, 7) is 0. The Kier molecular flexibility index (Phi) is 4.87. The van der Waals surface area contributed by atoms with Crippen LogP contribution in [0.1, 0.15) is 16.5 Å². The highest BCUT2D eigenvalue weighted by atomic mass is 127. The zero-order valence-corrected chi connectivity index (χ0v) is 13.0. The molecule has 0 amide bonds. The maximum atomic E-state index is 12.8. The van der Waals surface area contributed by atoms with Crippen LogP contribution in [0.25, 0.3) is 0 Å². The van der Waals surface area contributed by atoms with Crippen LogP contribution in [0.5, 0.6) is 0 Å². The van der Waals surface area contributed by atoms with Crippen molar-refractivity contribution in [3.63, 3.8) is 0 Å². The SMILES string of the molecule is Fc1ccc(CC(Cl)c2ccc(I)c(Cl)c2)cc1. The molecule has 0 aliphatic carbocycles. The van der Waals surface area contributed by atoms with Gasteiger partial charge in [-0.1, -0.05) is 29.8 Å². The molecular weight excluding hydrogens is 385 g/mol. The summed E-state index contributed by atoms with van der Waals surface area (Å²) in [5.41, 5.74) is 1.98. The number of rotatable bonds is 3. The Balaban J connectivity index is 2.13. The second kappa shape index (κ2) is 6.22. The highest BCUT2D eigenvalue weighted by Crippen LogP contribution is 2.29. The minimum Gasteiger partial charge on any atom is -0.207 e. The van der Waals surface area contributed by atoms with Gasteiger partial charge in [0.2, 0.25) is 0 Å². The summed E-state index contributed by atoms with van der Waals surface area (Å²) in [5.74, 6) is -0.234. The van der Waals surface area contributed by atoms with E-state index in [1.807, 2.05) is 18.2 Å². The van der Waals surface area contributed by atoms with Crippen LogP contribution < -0.4 is 0 Å². The molecule has 0 saturated heterocycles. The Morgan fingerprint density at radius 1 is 1.11 bits per heavy atom. The van der Waals surface area contributed by atoms with Crippen LogP contribution in [0, 0.1) is 9.39 Å². The molecular formula is C14H10Cl2FI. The molecule has 0 bridgehead atoms. The monoisotopic (exact) mass is 394 g/mol. The van der Waals surface area contributed by atoms with Gasteiger partial charge in [0.25, 0.3) is 0 Å². The Morgan fingerprint density at radius 3 is 2.39 bits per heavy atom. The van der Waals surface area contributed by atoms with Gasteiger partial charge in [-0.3, -0.25) is 0 Å². The van der Waals surface area contributed by atoms with E-state index in [0.717, 1.165) is 14.7 Å². The summed E-state index contributed by atoms with van der Waals surface area (Å²) in [6.07, 6.45) is 0.652. The molecule has 0 aliphatic heterocycles. The maximum Gasteiger partial charge on any atom is 0.123 e. The molecule has 2 aromatic rings. The second-order valence-electron chi connectivity index (χ2n) is 3.97. The molecule has 1 unspecified atom stereocenters. The molecule has 0 nitrogen and oxygen atoms in total. The zero-order valence-electron chi connectivity index (χ0n) is 9.34. The van der Waals surface area contributed by atoms with E-state index in [-0.39, 0.29) is 11.2 Å². The van der Waals surface area contributed by atoms with E-state index in [9.17, 15) is 4.39 Å². The van der Waals surface area contributed by atoms with Crippen molar-refractivity contribution in [1.29, 1.82) is 0 Å². The number of benzene rings is 2. The molecule has 0 aliphatic rings. The Hall–Kier alpha value is -0.320. The first-order chi connectivity index (χ1) is 8.56. The van der Waals surface area contributed by atoms with Gasteiger partial charge in [0, 0.05) is 3.57 Å². The van der Waals surface area contributed by atoms with Gasteiger partial charge in [0.1, 0.15) is 5.82 Å². The average molecular weight is 395 g/mol. The number of hydrogen-bond donors (Lipinski definition) is 0. The topological polar surface area (TPSA) is 0 Å². The summed E-state index contributed by atoms with van der Waals surface area (Å²) in [6, 6.07) is 12.2. The lowest BCUT2D eigenvalue weighted by Crippen LogP contribution is -1.96. The molecule has 94 valence electrons. The standard InChI is InChI=1S/C14H10Cl2FI/c15-12(7-9-1-4-11(17)5-2-9)10-3-6-14(18)13(16)8-10/h1-6,8,12H,7H2. The van der Waals surface area contributed by atoms with Crippen LogP contribution >= 0.6 is 45.8 Å². The van der Waals surface area contributed by atoms with Gasteiger partial charge >= 0.3 is 0 Å². The molecule has 18 heavy (non-hydrogen) atoms. The molecule has 0 spiro atoms. The van der Waals surface area contributed by atoms with E-state index in [4.69, 9.17) is 23.2 Å². The van der Waals surface area contributed by atoms with Crippen molar-refractivity contribution in [3.8, 4) is 0 Å². The van der Waals surface area contributed by atoms with Crippen molar-refractivity contribution >= 4 is 45.8 Å². The molecule has 0 aromatic heterocycles. The zero-order chi connectivity index (χ0) is 13.1. The van der Waals surface area contributed by atoms with Gasteiger partial charge in [-0.2, -0.15) is 0 Å². The van der Waals surface area contributed by atoms with Crippen molar-refractivity contribution in [2.24, 2.45) is 0 Å². The van der Waals surface area contributed by atoms with Crippen molar-refractivity contribution in [1.82, 2.24) is 0 Å². The molecule has 1 atom stereocenters. The quantitative estimate of drug-likeness (QED) is 0.469. The fraction of sp³-hybridized carbons (Fsp3) is 0.143. The lowest BCUT2D eigenvalue weighted by atomic mass is 10.0.